The van der Waals surface area contributed by atoms with Crippen LogP contribution in [0.25, 0.3) is 0 Å². The van der Waals surface area contributed by atoms with Gasteiger partial charge in [0.15, 0.2) is 0 Å². The first-order valence-corrected chi connectivity index (χ1v) is 2.64. The third-order valence-corrected chi connectivity index (χ3v) is 0.852. The fourth-order valence-electron chi connectivity index (χ4n) is 0.306. The van der Waals surface area contributed by atoms with E-state index in [0.29, 0.717) is 0 Å². The maximum absolute atomic E-state index is 9.95. The first-order chi connectivity index (χ1) is 3.06. The van der Waals surface area contributed by atoms with E-state index in [1.54, 1.807) is 0 Å². The van der Waals surface area contributed by atoms with E-state index in [1.165, 1.54) is 0 Å². The second-order valence-corrected chi connectivity index (χ2v) is 3.01. The van der Waals surface area contributed by atoms with E-state index in [0.717, 1.165) is 6.42 Å². The van der Waals surface area contributed by atoms with Crippen LogP contribution in [0.4, 0.5) is 0 Å². The van der Waals surface area contributed by atoms with Crippen molar-refractivity contribution in [1.29, 1.82) is 0 Å². The van der Waals surface area contributed by atoms with Crippen LogP contribution in [0.5, 0.6) is 0 Å². The molecule has 0 atom stereocenters. The van der Waals surface area contributed by atoms with Gasteiger partial charge in [-0.05, 0) is 5.41 Å². The molecule has 0 rings (SSSR count). The number of hydrogen-bond acceptors (Lipinski definition) is 1. The largest absolute Gasteiger partial charge is 1.00 e. The van der Waals surface area contributed by atoms with E-state index in [4.69, 9.17) is 0 Å². The van der Waals surface area contributed by atoms with Crippen LogP contribution in [-0.4, -0.2) is 6.61 Å². The standard InChI is InChI=1S/C6H13O.Na/c1-6(2,3)4-5-7;/h4-5H2,1-3H3;/q-1;+1. The molecule has 1 nitrogen and oxygen atoms in total. The summed E-state index contributed by atoms with van der Waals surface area (Å²) in [4.78, 5) is 0. The summed E-state index contributed by atoms with van der Waals surface area (Å²) in [6, 6.07) is 0. The Bertz CT molecular complexity index is 47.0. The first-order valence-electron chi connectivity index (χ1n) is 2.64. The Balaban J connectivity index is 0. The van der Waals surface area contributed by atoms with Crippen LogP contribution < -0.4 is 34.7 Å². The summed E-state index contributed by atoms with van der Waals surface area (Å²) in [6.07, 6.45) is 0.785. The van der Waals surface area contributed by atoms with Gasteiger partial charge in [0.1, 0.15) is 0 Å². The molecule has 0 N–H and O–H groups in total. The molecule has 0 aliphatic heterocycles. The topological polar surface area (TPSA) is 23.1 Å². The monoisotopic (exact) mass is 124 g/mol. The Morgan fingerprint density at radius 2 is 1.62 bits per heavy atom. The zero-order chi connectivity index (χ0) is 5.91. The normalized spacial score (nSPS) is 10.5. The van der Waals surface area contributed by atoms with Crippen LogP contribution in [0.1, 0.15) is 27.2 Å². The molecule has 0 aliphatic rings. The predicted octanol–water partition coefficient (Wildman–Crippen LogP) is -2.21. The van der Waals surface area contributed by atoms with Crippen molar-refractivity contribution >= 4 is 0 Å². The van der Waals surface area contributed by atoms with Gasteiger partial charge in [0.25, 0.3) is 0 Å². The summed E-state index contributed by atoms with van der Waals surface area (Å²) in [5, 5.41) is 9.95. The van der Waals surface area contributed by atoms with E-state index < -0.39 is 0 Å². The van der Waals surface area contributed by atoms with Crippen molar-refractivity contribution in [1.82, 2.24) is 0 Å². The van der Waals surface area contributed by atoms with E-state index in [2.05, 4.69) is 20.8 Å². The van der Waals surface area contributed by atoms with Crippen molar-refractivity contribution in [2.24, 2.45) is 5.41 Å². The number of rotatable bonds is 1. The maximum atomic E-state index is 9.95. The minimum absolute atomic E-state index is 0. The van der Waals surface area contributed by atoms with Gasteiger partial charge in [-0.1, -0.05) is 27.2 Å². The quantitative estimate of drug-likeness (QED) is 0.363. The van der Waals surface area contributed by atoms with Gasteiger partial charge in [0, 0.05) is 0 Å². The summed E-state index contributed by atoms with van der Waals surface area (Å²) < 4.78 is 0. The van der Waals surface area contributed by atoms with Gasteiger partial charge < -0.3 is 5.11 Å². The van der Waals surface area contributed by atoms with Crippen molar-refractivity contribution < 1.29 is 34.7 Å². The smallest absolute Gasteiger partial charge is 0.854 e. The molecular formula is C6H13NaO. The minimum Gasteiger partial charge on any atom is -0.854 e. The van der Waals surface area contributed by atoms with Gasteiger partial charge in [-0.2, -0.15) is 0 Å². The van der Waals surface area contributed by atoms with E-state index in [1.807, 2.05) is 0 Å². The molecule has 44 valence electrons. The van der Waals surface area contributed by atoms with Gasteiger partial charge >= 0.3 is 29.6 Å². The molecular weight excluding hydrogens is 111 g/mol. The molecule has 0 aromatic heterocycles. The molecule has 2 heteroatoms. The van der Waals surface area contributed by atoms with Gasteiger partial charge in [-0.15, -0.1) is 6.61 Å². The SMILES string of the molecule is CC(C)(C)CC[O-].[Na+]. The van der Waals surface area contributed by atoms with Gasteiger partial charge in [-0.25, -0.2) is 0 Å². The van der Waals surface area contributed by atoms with Gasteiger partial charge in [0.2, 0.25) is 0 Å². The second-order valence-electron chi connectivity index (χ2n) is 3.01. The Kier molecular flexibility index (Phi) is 7.04. The van der Waals surface area contributed by atoms with Crippen LogP contribution >= 0.6 is 0 Å². The van der Waals surface area contributed by atoms with Gasteiger partial charge in [-0.3, -0.25) is 0 Å². The van der Waals surface area contributed by atoms with Crippen LogP contribution in [0.2, 0.25) is 0 Å². The van der Waals surface area contributed by atoms with E-state index in [-0.39, 0.29) is 41.6 Å². The zero-order valence-corrected chi connectivity index (χ0v) is 8.32. The average Bonchev–Trinajstić information content (AvgIpc) is 1.30. The summed E-state index contributed by atoms with van der Waals surface area (Å²) in [7, 11) is 0. The molecule has 0 aliphatic carbocycles. The molecule has 0 fully saturated rings. The van der Waals surface area contributed by atoms with E-state index in [9.17, 15) is 5.11 Å². The molecule has 0 aromatic carbocycles. The van der Waals surface area contributed by atoms with Crippen LogP contribution in [0.15, 0.2) is 0 Å². The molecule has 0 amide bonds. The Labute approximate surface area is 73.8 Å². The first kappa shape index (κ1) is 11.7. The summed E-state index contributed by atoms with van der Waals surface area (Å²) in [5.41, 5.74) is 0.238. The van der Waals surface area contributed by atoms with E-state index >= 15 is 0 Å². The molecule has 0 heterocycles. The van der Waals surface area contributed by atoms with Crippen molar-refractivity contribution in [3.05, 3.63) is 0 Å². The third kappa shape index (κ3) is 10.0. The summed E-state index contributed by atoms with van der Waals surface area (Å²) in [5.74, 6) is 0. The minimum atomic E-state index is 0. The van der Waals surface area contributed by atoms with Crippen molar-refractivity contribution in [3.8, 4) is 0 Å². The number of hydrogen-bond donors (Lipinski definition) is 0. The van der Waals surface area contributed by atoms with Crippen molar-refractivity contribution in [3.63, 3.8) is 0 Å². The predicted molar refractivity (Wildman–Crippen MR) is 28.9 cm³/mol. The van der Waals surface area contributed by atoms with Crippen LogP contribution in [0, 0.1) is 5.41 Å². The Morgan fingerprint density at radius 3 is 1.62 bits per heavy atom. The fourth-order valence-corrected chi connectivity index (χ4v) is 0.306. The molecule has 0 saturated heterocycles. The van der Waals surface area contributed by atoms with Crippen LogP contribution in [0.3, 0.4) is 0 Å². The summed E-state index contributed by atoms with van der Waals surface area (Å²) >= 11 is 0. The van der Waals surface area contributed by atoms with Crippen molar-refractivity contribution in [2.45, 2.75) is 27.2 Å². The Hall–Kier alpha value is 0.960. The summed E-state index contributed by atoms with van der Waals surface area (Å²) in [6.45, 7) is 6.28. The van der Waals surface area contributed by atoms with Crippen LogP contribution in [-0.2, 0) is 0 Å². The molecule has 0 radical (unpaired) electrons. The Morgan fingerprint density at radius 1 is 1.25 bits per heavy atom. The zero-order valence-electron chi connectivity index (χ0n) is 6.32. The third-order valence-electron chi connectivity index (χ3n) is 0.852. The molecule has 0 bridgehead atoms. The second kappa shape index (κ2) is 4.80. The molecule has 0 unspecified atom stereocenters. The average molecular weight is 124 g/mol. The van der Waals surface area contributed by atoms with Crippen molar-refractivity contribution in [2.75, 3.05) is 6.61 Å². The van der Waals surface area contributed by atoms with Gasteiger partial charge in [0.05, 0.1) is 0 Å². The maximum Gasteiger partial charge on any atom is 1.00 e. The molecule has 0 saturated carbocycles. The molecule has 8 heavy (non-hydrogen) atoms. The fraction of sp³-hybridized carbons (Fsp3) is 1.00. The molecule has 0 spiro atoms. The molecule has 0 aromatic rings.